The number of likely N-dealkylation sites (tertiary alicyclic amines) is 1. The molecular formula is C51H70N8O7S. The molecule has 2 saturated heterocycles. The highest BCUT2D eigenvalue weighted by Crippen LogP contribution is 2.53. The maximum absolute atomic E-state index is 14.7. The maximum atomic E-state index is 14.7. The molecule has 8 rings (SSSR count). The molecule has 67 heavy (non-hydrogen) atoms. The van der Waals surface area contributed by atoms with Gasteiger partial charge in [0.05, 0.1) is 34.8 Å². The van der Waals surface area contributed by atoms with Crippen molar-refractivity contribution in [1.29, 1.82) is 0 Å². The Labute approximate surface area is 399 Å². The summed E-state index contributed by atoms with van der Waals surface area (Å²) in [7, 11) is 5.11. The predicted octanol–water partition coefficient (Wildman–Crippen LogP) is 7.42. The van der Waals surface area contributed by atoms with Crippen molar-refractivity contribution in [2.24, 2.45) is 22.7 Å². The Morgan fingerprint density at radius 3 is 2.61 bits per heavy atom. The second kappa shape index (κ2) is 20.0. The first-order valence-corrected chi connectivity index (χ1v) is 25.1. The van der Waals surface area contributed by atoms with Gasteiger partial charge in [0.1, 0.15) is 18.1 Å². The lowest BCUT2D eigenvalue weighted by Crippen LogP contribution is -2.67. The molecular weight excluding hydrogens is 869 g/mol. The lowest BCUT2D eigenvalue weighted by molar-refractivity contribution is -0.155. The quantitative estimate of drug-likeness (QED) is 0.108. The Kier molecular flexibility index (Phi) is 14.5. The van der Waals surface area contributed by atoms with E-state index in [-0.39, 0.29) is 42.4 Å². The van der Waals surface area contributed by atoms with Crippen LogP contribution < -0.4 is 10.7 Å². The molecule has 1 aromatic carbocycles. The number of rotatable bonds is 12. The number of benzene rings is 1. The number of carbonyl (C=O) groups is 4. The summed E-state index contributed by atoms with van der Waals surface area (Å²) in [6, 6.07) is 7.68. The number of cyclic esters (lactones) is 1. The third kappa shape index (κ3) is 10.00. The van der Waals surface area contributed by atoms with Crippen LogP contribution in [0.25, 0.3) is 33.4 Å². The fraction of sp³-hybridized carbons (Fsp3) is 0.608. The summed E-state index contributed by atoms with van der Waals surface area (Å²) >= 11 is 1.44. The van der Waals surface area contributed by atoms with Crippen LogP contribution >= 0.6 is 11.3 Å². The number of hydrogen-bond acceptors (Lipinski definition) is 11. The molecule has 6 bridgehead atoms. The van der Waals surface area contributed by atoms with Gasteiger partial charge in [-0.25, -0.2) is 15.2 Å². The lowest BCUT2D eigenvalue weighted by Gasteiger charge is -2.59. The zero-order chi connectivity index (χ0) is 47.8. The Morgan fingerprint density at radius 2 is 1.90 bits per heavy atom. The monoisotopic (exact) mass is 939 g/mol. The third-order valence-electron chi connectivity index (χ3n) is 14.5. The molecule has 362 valence electrons. The van der Waals surface area contributed by atoms with E-state index in [1.54, 1.807) is 27.5 Å². The molecule has 1 spiro atoms. The SMILES string of the molecule is CCn1c(-c2cccnc2[C@H](C)OC)c2c3cc(ccc31)-c1csc(n1)C[C@H](NC(=O)[C@H](C(C)C)N(C)C(=O)N1CC3(CC(CCCOC)C3)C1)C(=O)N1CCC[C@H](N1)C(=O)OCC(C)(C)C2. The molecule has 4 aliphatic rings. The molecule has 4 amide bonds. The van der Waals surface area contributed by atoms with Crippen molar-refractivity contribution in [2.45, 2.75) is 124 Å². The average Bonchev–Trinajstić information content (AvgIpc) is 3.88. The number of esters is 1. The summed E-state index contributed by atoms with van der Waals surface area (Å²) in [5, 5.41) is 8.27. The molecule has 2 N–H and O–H groups in total. The standard InChI is InChI=1S/C51H70N8O7S/c1-10-58-41-18-17-34-22-36(41)37(45(58)35-15-11-19-52-43(35)32(4)65-9)26-50(5,6)30-66-48(62)38-16-12-20-59(55-38)47(61)39(23-42-53-40(34)27-67-42)54-46(60)44(31(2)3)56(7)49(63)57-28-51(29-57)24-33(25-51)14-13-21-64-8/h11,15,17-19,22,27,31-33,38-39,44,55H,10,12-14,16,20-21,23-26,28-30H2,1-9H3,(H,54,60)/t32-,38-,39-,44-/m0/s1. The number of thiazole rings is 1. The van der Waals surface area contributed by atoms with E-state index in [1.807, 2.05) is 37.1 Å². The number of likely N-dealkylation sites (N-methyl/N-ethyl adjacent to an activating group) is 1. The Balaban J connectivity index is 1.10. The topological polar surface area (TPSA) is 160 Å². The number of aryl methyl sites for hydroxylation is 1. The second-order valence-electron chi connectivity index (χ2n) is 20.6. The smallest absolute Gasteiger partial charge is 0.324 e. The summed E-state index contributed by atoms with van der Waals surface area (Å²) in [6.07, 6.45) is 7.75. The average molecular weight is 939 g/mol. The number of aromatic nitrogens is 3. The number of hydrazine groups is 1. The van der Waals surface area contributed by atoms with Gasteiger partial charge in [-0.2, -0.15) is 0 Å². The van der Waals surface area contributed by atoms with Crippen molar-refractivity contribution in [3.8, 4) is 22.5 Å². The summed E-state index contributed by atoms with van der Waals surface area (Å²) < 4.78 is 19.5. The van der Waals surface area contributed by atoms with Crippen LogP contribution in [0.4, 0.5) is 4.79 Å². The van der Waals surface area contributed by atoms with Gasteiger partial charge in [0.2, 0.25) is 5.91 Å². The van der Waals surface area contributed by atoms with Gasteiger partial charge in [-0.3, -0.25) is 24.4 Å². The maximum Gasteiger partial charge on any atom is 0.324 e. The number of nitrogens with zero attached hydrogens (tertiary/aromatic N) is 6. The van der Waals surface area contributed by atoms with Gasteiger partial charge in [0, 0.05) is 105 Å². The van der Waals surface area contributed by atoms with Gasteiger partial charge in [-0.05, 0) is 100 Å². The Bertz CT molecular complexity index is 2450. The van der Waals surface area contributed by atoms with E-state index >= 15 is 0 Å². The highest BCUT2D eigenvalue weighted by Gasteiger charge is 2.54. The van der Waals surface area contributed by atoms with Crippen molar-refractivity contribution >= 4 is 46.1 Å². The summed E-state index contributed by atoms with van der Waals surface area (Å²) in [4.78, 5) is 70.4. The molecule has 3 aliphatic heterocycles. The number of carbonyl (C=O) groups excluding carboxylic acids is 4. The minimum atomic E-state index is -1.04. The molecule has 4 atom stereocenters. The van der Waals surface area contributed by atoms with E-state index in [9.17, 15) is 19.2 Å². The fourth-order valence-corrected chi connectivity index (χ4v) is 12.0. The van der Waals surface area contributed by atoms with Gasteiger partial charge in [0.25, 0.3) is 5.91 Å². The Hall–Kier alpha value is -4.90. The number of nitrogens with one attached hydrogen (secondary N) is 2. The minimum absolute atomic E-state index is 0.116. The Morgan fingerprint density at radius 1 is 1.12 bits per heavy atom. The number of amides is 4. The first-order valence-electron chi connectivity index (χ1n) is 24.2. The van der Waals surface area contributed by atoms with Gasteiger partial charge >= 0.3 is 12.0 Å². The molecule has 0 radical (unpaired) electrons. The van der Waals surface area contributed by atoms with E-state index in [0.717, 1.165) is 77.0 Å². The number of pyridine rings is 1. The molecule has 16 heteroatoms. The van der Waals surface area contributed by atoms with Gasteiger partial charge in [-0.1, -0.05) is 33.8 Å². The molecule has 3 aromatic heterocycles. The van der Waals surface area contributed by atoms with Crippen molar-refractivity contribution in [3.05, 3.63) is 58.2 Å². The molecule has 1 saturated carbocycles. The zero-order valence-corrected chi connectivity index (χ0v) is 41.7. The normalized spacial score (nSPS) is 21.6. The largest absolute Gasteiger partial charge is 0.464 e. The van der Waals surface area contributed by atoms with E-state index in [2.05, 4.69) is 60.3 Å². The molecule has 15 nitrogen and oxygen atoms in total. The van der Waals surface area contributed by atoms with Crippen LogP contribution in [0.5, 0.6) is 0 Å². The van der Waals surface area contributed by atoms with Crippen molar-refractivity contribution < 1.29 is 33.4 Å². The fourth-order valence-electron chi connectivity index (χ4n) is 11.1. The van der Waals surface area contributed by atoms with E-state index in [1.165, 1.54) is 21.2 Å². The molecule has 0 unspecified atom stereocenters. The number of urea groups is 1. The molecule has 6 heterocycles. The van der Waals surface area contributed by atoms with Crippen LogP contribution in [0.15, 0.2) is 41.9 Å². The highest BCUT2D eigenvalue weighted by atomic mass is 32.1. The van der Waals surface area contributed by atoms with Gasteiger partial charge in [0.15, 0.2) is 0 Å². The predicted molar refractivity (Wildman–Crippen MR) is 259 cm³/mol. The van der Waals surface area contributed by atoms with Crippen molar-refractivity contribution in [3.63, 3.8) is 0 Å². The van der Waals surface area contributed by atoms with Crippen LogP contribution in [0, 0.1) is 22.7 Å². The first-order chi connectivity index (χ1) is 32.1. The summed E-state index contributed by atoms with van der Waals surface area (Å²) in [6.45, 7) is 15.6. The molecule has 1 aliphatic carbocycles. The zero-order valence-electron chi connectivity index (χ0n) is 40.9. The van der Waals surface area contributed by atoms with E-state index in [4.69, 9.17) is 24.2 Å². The van der Waals surface area contributed by atoms with Crippen molar-refractivity contribution in [2.75, 3.05) is 54.1 Å². The van der Waals surface area contributed by atoms with Crippen LogP contribution in [-0.4, -0.2) is 125 Å². The second-order valence-corrected chi connectivity index (χ2v) is 21.6. The summed E-state index contributed by atoms with van der Waals surface area (Å²) in [5.74, 6) is -0.804. The first kappa shape index (κ1) is 48.6. The molecule has 4 aromatic rings. The number of fused-ring (bicyclic) bond motifs is 6. The highest BCUT2D eigenvalue weighted by molar-refractivity contribution is 7.10. The van der Waals surface area contributed by atoms with Crippen LogP contribution in [-0.2, 0) is 48.0 Å². The van der Waals surface area contributed by atoms with E-state index in [0.29, 0.717) is 56.4 Å². The molecule has 3 fully saturated rings. The lowest BCUT2D eigenvalue weighted by atomic mass is 9.57. The van der Waals surface area contributed by atoms with Crippen LogP contribution in [0.3, 0.4) is 0 Å². The number of hydrogen-bond donors (Lipinski definition) is 2. The van der Waals surface area contributed by atoms with Crippen molar-refractivity contribution in [1.82, 2.24) is 40.1 Å². The third-order valence-corrected chi connectivity index (χ3v) is 15.4. The van der Waals surface area contributed by atoms with Gasteiger partial charge < -0.3 is 33.9 Å². The number of methoxy groups -OCH3 is 2. The van der Waals surface area contributed by atoms with E-state index < -0.39 is 35.4 Å². The van der Waals surface area contributed by atoms with Crippen LogP contribution in [0.2, 0.25) is 0 Å². The van der Waals surface area contributed by atoms with Crippen LogP contribution in [0.1, 0.15) is 102 Å². The minimum Gasteiger partial charge on any atom is -0.464 e. The summed E-state index contributed by atoms with van der Waals surface area (Å²) in [5.41, 5.74) is 9.61. The number of ether oxygens (including phenoxy) is 3. The van der Waals surface area contributed by atoms with Gasteiger partial charge in [-0.15, -0.1) is 11.3 Å².